The van der Waals surface area contributed by atoms with Gasteiger partial charge in [0.2, 0.25) is 0 Å². The van der Waals surface area contributed by atoms with E-state index in [4.69, 9.17) is 25.8 Å². The Kier molecular flexibility index (Phi) is 7.17. The average molecular weight is 290 g/mol. The molecule has 0 amide bonds. The van der Waals surface area contributed by atoms with Gasteiger partial charge in [0.1, 0.15) is 10.8 Å². The molecule has 0 saturated heterocycles. The average Bonchev–Trinajstić information content (AvgIpc) is 2.37. The van der Waals surface area contributed by atoms with E-state index in [0.717, 1.165) is 6.42 Å². The van der Waals surface area contributed by atoms with Crippen molar-refractivity contribution >= 4 is 17.3 Å². The largest absolute Gasteiger partial charge is 0.493 e. The minimum absolute atomic E-state index is 0.0684. The SMILES string of the molecule is COCCOCCCOc1ccc([N+](=O)[O-])c(Cl)c1. The number of nitro groups is 1. The van der Waals surface area contributed by atoms with Gasteiger partial charge in [-0.15, -0.1) is 0 Å². The van der Waals surface area contributed by atoms with Gasteiger partial charge in [-0.3, -0.25) is 10.1 Å². The summed E-state index contributed by atoms with van der Waals surface area (Å²) in [6.45, 7) is 2.16. The molecular formula is C12H16ClNO5. The lowest BCUT2D eigenvalue weighted by atomic mass is 10.3. The second-order valence-electron chi connectivity index (χ2n) is 3.68. The first-order valence-electron chi connectivity index (χ1n) is 5.78. The Hall–Kier alpha value is -1.37. The van der Waals surface area contributed by atoms with Gasteiger partial charge < -0.3 is 14.2 Å². The van der Waals surface area contributed by atoms with Gasteiger partial charge in [0.05, 0.1) is 24.7 Å². The standard InChI is InChI=1S/C12H16ClNO5/c1-17-7-8-18-5-2-6-19-10-3-4-12(14(15)16)11(13)9-10/h3-4,9H,2,5-8H2,1H3. The van der Waals surface area contributed by atoms with Crippen molar-refractivity contribution in [2.45, 2.75) is 6.42 Å². The molecular weight excluding hydrogens is 274 g/mol. The molecule has 0 unspecified atom stereocenters. The van der Waals surface area contributed by atoms with Crippen molar-refractivity contribution < 1.29 is 19.1 Å². The molecule has 0 aromatic heterocycles. The van der Waals surface area contributed by atoms with E-state index in [1.807, 2.05) is 0 Å². The normalized spacial score (nSPS) is 10.4. The maximum Gasteiger partial charge on any atom is 0.288 e. The predicted molar refractivity (Wildman–Crippen MR) is 70.9 cm³/mol. The van der Waals surface area contributed by atoms with Gasteiger partial charge in [0, 0.05) is 32.3 Å². The van der Waals surface area contributed by atoms with E-state index in [2.05, 4.69) is 0 Å². The molecule has 0 saturated carbocycles. The summed E-state index contributed by atoms with van der Waals surface area (Å²) in [6, 6.07) is 4.29. The summed E-state index contributed by atoms with van der Waals surface area (Å²) in [5.74, 6) is 0.507. The molecule has 0 aliphatic rings. The number of halogens is 1. The molecule has 0 aliphatic heterocycles. The van der Waals surface area contributed by atoms with E-state index in [-0.39, 0.29) is 10.7 Å². The lowest BCUT2D eigenvalue weighted by Crippen LogP contribution is -2.06. The van der Waals surface area contributed by atoms with Crippen LogP contribution in [-0.4, -0.2) is 38.5 Å². The fourth-order valence-corrected chi connectivity index (χ4v) is 1.56. The Morgan fingerprint density at radius 1 is 1.26 bits per heavy atom. The van der Waals surface area contributed by atoms with Gasteiger partial charge in [-0.2, -0.15) is 0 Å². The Balaban J connectivity index is 2.26. The molecule has 19 heavy (non-hydrogen) atoms. The maximum absolute atomic E-state index is 10.6. The van der Waals surface area contributed by atoms with Crippen LogP contribution in [0.1, 0.15) is 6.42 Å². The molecule has 0 spiro atoms. The second kappa shape index (κ2) is 8.68. The summed E-state index contributed by atoms with van der Waals surface area (Å²) in [5.41, 5.74) is -0.128. The second-order valence-corrected chi connectivity index (χ2v) is 4.08. The molecule has 0 heterocycles. The van der Waals surface area contributed by atoms with Crippen LogP contribution in [0.2, 0.25) is 5.02 Å². The van der Waals surface area contributed by atoms with Crippen LogP contribution in [0.25, 0.3) is 0 Å². The van der Waals surface area contributed by atoms with E-state index in [1.54, 1.807) is 7.11 Å². The molecule has 0 fully saturated rings. The molecule has 6 nitrogen and oxygen atoms in total. The van der Waals surface area contributed by atoms with Gasteiger partial charge in [0.25, 0.3) is 5.69 Å². The van der Waals surface area contributed by atoms with Crippen LogP contribution in [-0.2, 0) is 9.47 Å². The van der Waals surface area contributed by atoms with E-state index in [1.165, 1.54) is 18.2 Å². The smallest absolute Gasteiger partial charge is 0.288 e. The summed E-state index contributed by atoms with van der Waals surface area (Å²) in [5, 5.41) is 10.6. The van der Waals surface area contributed by atoms with E-state index in [9.17, 15) is 10.1 Å². The fraction of sp³-hybridized carbons (Fsp3) is 0.500. The summed E-state index contributed by atoms with van der Waals surface area (Å²) in [7, 11) is 1.62. The Labute approximate surface area is 116 Å². The highest BCUT2D eigenvalue weighted by Crippen LogP contribution is 2.28. The lowest BCUT2D eigenvalue weighted by molar-refractivity contribution is -0.384. The molecule has 1 aromatic rings. The van der Waals surface area contributed by atoms with Gasteiger partial charge in [-0.1, -0.05) is 11.6 Å². The van der Waals surface area contributed by atoms with Crippen molar-refractivity contribution in [1.82, 2.24) is 0 Å². The molecule has 0 bridgehead atoms. The van der Waals surface area contributed by atoms with Gasteiger partial charge in [0.15, 0.2) is 0 Å². The molecule has 1 aromatic carbocycles. The number of nitro benzene ring substituents is 1. The molecule has 106 valence electrons. The quantitative estimate of drug-likeness (QED) is 0.397. The van der Waals surface area contributed by atoms with Crippen molar-refractivity contribution in [2.24, 2.45) is 0 Å². The monoisotopic (exact) mass is 289 g/mol. The van der Waals surface area contributed by atoms with Crippen molar-refractivity contribution in [2.75, 3.05) is 33.5 Å². The zero-order chi connectivity index (χ0) is 14.1. The van der Waals surface area contributed by atoms with Crippen molar-refractivity contribution in [3.05, 3.63) is 33.3 Å². The number of ether oxygens (including phenoxy) is 3. The third-order valence-electron chi connectivity index (χ3n) is 2.25. The van der Waals surface area contributed by atoms with Crippen molar-refractivity contribution in [3.63, 3.8) is 0 Å². The predicted octanol–water partition coefficient (Wildman–Crippen LogP) is 2.68. The Morgan fingerprint density at radius 2 is 2.05 bits per heavy atom. The number of rotatable bonds is 9. The van der Waals surface area contributed by atoms with Crippen LogP contribution < -0.4 is 4.74 Å². The first kappa shape index (κ1) is 15.7. The number of hydrogen-bond acceptors (Lipinski definition) is 5. The van der Waals surface area contributed by atoms with Crippen molar-refractivity contribution in [3.8, 4) is 5.75 Å². The molecule has 1 rings (SSSR count). The topological polar surface area (TPSA) is 70.8 Å². The molecule has 0 radical (unpaired) electrons. The van der Waals surface area contributed by atoms with Crippen LogP contribution >= 0.6 is 11.6 Å². The third kappa shape index (κ3) is 5.87. The zero-order valence-electron chi connectivity index (χ0n) is 10.6. The van der Waals surface area contributed by atoms with Crippen LogP contribution in [0.5, 0.6) is 5.75 Å². The molecule has 0 atom stereocenters. The fourth-order valence-electron chi connectivity index (χ4n) is 1.32. The van der Waals surface area contributed by atoms with Gasteiger partial charge >= 0.3 is 0 Å². The van der Waals surface area contributed by atoms with Crippen LogP contribution in [0, 0.1) is 10.1 Å². The molecule has 0 aliphatic carbocycles. The van der Waals surface area contributed by atoms with Gasteiger partial charge in [-0.25, -0.2) is 0 Å². The number of benzene rings is 1. The Bertz CT molecular complexity index is 413. The summed E-state index contributed by atoms with van der Waals surface area (Å²) >= 11 is 5.76. The molecule has 7 heteroatoms. The van der Waals surface area contributed by atoms with Crippen LogP contribution in [0.4, 0.5) is 5.69 Å². The zero-order valence-corrected chi connectivity index (χ0v) is 11.4. The molecule has 0 N–H and O–H groups in total. The Morgan fingerprint density at radius 3 is 2.68 bits per heavy atom. The first-order chi connectivity index (χ1) is 9.15. The van der Waals surface area contributed by atoms with E-state index in [0.29, 0.717) is 32.2 Å². The van der Waals surface area contributed by atoms with Gasteiger partial charge in [-0.05, 0) is 6.07 Å². The number of nitrogens with zero attached hydrogens (tertiary/aromatic N) is 1. The van der Waals surface area contributed by atoms with Crippen LogP contribution in [0.3, 0.4) is 0 Å². The summed E-state index contributed by atoms with van der Waals surface area (Å²) in [6.07, 6.45) is 0.721. The maximum atomic E-state index is 10.6. The minimum atomic E-state index is -0.532. The highest BCUT2D eigenvalue weighted by atomic mass is 35.5. The van der Waals surface area contributed by atoms with Crippen molar-refractivity contribution in [1.29, 1.82) is 0 Å². The number of methoxy groups -OCH3 is 1. The minimum Gasteiger partial charge on any atom is -0.493 e. The summed E-state index contributed by atoms with van der Waals surface area (Å²) in [4.78, 5) is 10.0. The lowest BCUT2D eigenvalue weighted by Gasteiger charge is -2.07. The number of hydrogen-bond donors (Lipinski definition) is 0. The first-order valence-corrected chi connectivity index (χ1v) is 6.16. The van der Waals surface area contributed by atoms with Crippen LogP contribution in [0.15, 0.2) is 18.2 Å². The van der Waals surface area contributed by atoms with E-state index < -0.39 is 4.92 Å². The third-order valence-corrected chi connectivity index (χ3v) is 2.55. The highest BCUT2D eigenvalue weighted by molar-refractivity contribution is 6.32. The highest BCUT2D eigenvalue weighted by Gasteiger charge is 2.12. The summed E-state index contributed by atoms with van der Waals surface area (Å²) < 4.78 is 15.5. The van der Waals surface area contributed by atoms with E-state index >= 15 is 0 Å².